The number of fused-ring (bicyclic) bond motifs is 1. The van der Waals surface area contributed by atoms with Crippen LogP contribution in [0.3, 0.4) is 0 Å². The summed E-state index contributed by atoms with van der Waals surface area (Å²) in [6.45, 7) is -0.564. The molecule has 0 radical (unpaired) electrons. The third kappa shape index (κ3) is 3.42. The summed E-state index contributed by atoms with van der Waals surface area (Å²) in [5, 5.41) is 20.6. The van der Waals surface area contributed by atoms with E-state index in [1.807, 2.05) is 12.1 Å². The van der Waals surface area contributed by atoms with Gasteiger partial charge in [0.15, 0.2) is 0 Å². The molecular weight excluding hydrogens is 269 g/mol. The number of aromatic hydroxyl groups is 1. The Morgan fingerprint density at radius 3 is 2.40 bits per heavy atom. The van der Waals surface area contributed by atoms with Crippen LogP contribution in [-0.2, 0) is 6.42 Å². The molecule has 20 heavy (non-hydrogen) atoms. The maximum absolute atomic E-state index is 12.4. The van der Waals surface area contributed by atoms with Gasteiger partial charge in [-0.05, 0) is 23.3 Å². The van der Waals surface area contributed by atoms with Gasteiger partial charge in [-0.25, -0.2) is 0 Å². The molecule has 0 fully saturated rings. The highest BCUT2D eigenvalue weighted by molar-refractivity contribution is 5.89. The first-order valence-corrected chi connectivity index (χ1v) is 6.28. The van der Waals surface area contributed by atoms with Gasteiger partial charge in [0.25, 0.3) is 0 Å². The van der Waals surface area contributed by atoms with Gasteiger partial charge in [0, 0.05) is 18.4 Å². The molecule has 0 saturated carbocycles. The molecule has 2 nitrogen and oxygen atoms in total. The summed E-state index contributed by atoms with van der Waals surface area (Å²) in [5.74, 6) is -0.953. The predicted octanol–water partition coefficient (Wildman–Crippen LogP) is 3.65. The second-order valence-electron chi connectivity index (χ2n) is 4.87. The topological polar surface area (TPSA) is 40.5 Å². The fraction of sp³-hybridized carbons (Fsp3) is 0.333. The van der Waals surface area contributed by atoms with Crippen molar-refractivity contribution in [1.29, 1.82) is 0 Å². The number of phenols is 1. The van der Waals surface area contributed by atoms with E-state index < -0.39 is 25.1 Å². The molecule has 108 valence electrons. The number of rotatable bonds is 4. The number of hydrogen-bond donors (Lipinski definition) is 2. The SMILES string of the molecule is OCC(Cc1ccc2ccccc2c1O)CC(F)(F)F. The molecule has 0 aliphatic carbocycles. The first-order chi connectivity index (χ1) is 9.40. The predicted molar refractivity (Wildman–Crippen MR) is 70.6 cm³/mol. The Morgan fingerprint density at radius 1 is 1.05 bits per heavy atom. The number of hydrogen-bond acceptors (Lipinski definition) is 2. The summed E-state index contributed by atoms with van der Waals surface area (Å²) in [6.07, 6.45) is -5.39. The highest BCUT2D eigenvalue weighted by atomic mass is 19.4. The maximum atomic E-state index is 12.4. The van der Waals surface area contributed by atoms with E-state index in [4.69, 9.17) is 5.11 Å². The lowest BCUT2D eigenvalue weighted by atomic mass is 9.94. The molecule has 2 aromatic rings. The zero-order valence-electron chi connectivity index (χ0n) is 10.7. The molecule has 0 bridgehead atoms. The van der Waals surface area contributed by atoms with Crippen LogP contribution in [0.25, 0.3) is 10.8 Å². The molecule has 0 aliphatic heterocycles. The first kappa shape index (κ1) is 14.7. The largest absolute Gasteiger partial charge is 0.507 e. The van der Waals surface area contributed by atoms with E-state index in [9.17, 15) is 18.3 Å². The fourth-order valence-electron chi connectivity index (χ4n) is 2.30. The molecule has 2 rings (SSSR count). The fourth-order valence-corrected chi connectivity index (χ4v) is 2.30. The van der Waals surface area contributed by atoms with E-state index in [1.54, 1.807) is 24.3 Å². The van der Waals surface area contributed by atoms with Gasteiger partial charge in [-0.3, -0.25) is 0 Å². The Hall–Kier alpha value is -1.75. The summed E-state index contributed by atoms with van der Waals surface area (Å²) in [7, 11) is 0. The van der Waals surface area contributed by atoms with Crippen molar-refractivity contribution in [3.05, 3.63) is 42.0 Å². The molecular formula is C15H15F3O2. The van der Waals surface area contributed by atoms with E-state index >= 15 is 0 Å². The van der Waals surface area contributed by atoms with Gasteiger partial charge < -0.3 is 10.2 Å². The van der Waals surface area contributed by atoms with Gasteiger partial charge >= 0.3 is 6.18 Å². The molecule has 5 heteroatoms. The Morgan fingerprint density at radius 2 is 1.75 bits per heavy atom. The van der Waals surface area contributed by atoms with Crippen molar-refractivity contribution in [2.45, 2.75) is 19.0 Å². The molecule has 1 unspecified atom stereocenters. The van der Waals surface area contributed by atoms with Crippen molar-refractivity contribution in [2.75, 3.05) is 6.61 Å². The number of halogens is 3. The van der Waals surface area contributed by atoms with E-state index in [1.165, 1.54) is 0 Å². The maximum Gasteiger partial charge on any atom is 0.389 e. The van der Waals surface area contributed by atoms with Gasteiger partial charge in [-0.2, -0.15) is 13.2 Å². The van der Waals surface area contributed by atoms with Crippen LogP contribution in [0.5, 0.6) is 5.75 Å². The molecule has 0 aliphatic rings. The third-order valence-electron chi connectivity index (χ3n) is 3.27. The molecule has 2 aromatic carbocycles. The lowest BCUT2D eigenvalue weighted by molar-refractivity contribution is -0.147. The van der Waals surface area contributed by atoms with Gasteiger partial charge in [-0.1, -0.05) is 36.4 Å². The highest BCUT2D eigenvalue weighted by Crippen LogP contribution is 2.33. The minimum atomic E-state index is -4.32. The van der Waals surface area contributed by atoms with E-state index in [-0.39, 0.29) is 12.2 Å². The summed E-state index contributed by atoms with van der Waals surface area (Å²) < 4.78 is 37.1. The number of aliphatic hydroxyl groups excluding tert-OH is 1. The number of benzene rings is 2. The monoisotopic (exact) mass is 284 g/mol. The highest BCUT2D eigenvalue weighted by Gasteiger charge is 2.32. The second-order valence-corrected chi connectivity index (χ2v) is 4.87. The van der Waals surface area contributed by atoms with Crippen LogP contribution in [0, 0.1) is 5.92 Å². The van der Waals surface area contributed by atoms with E-state index in [0.29, 0.717) is 10.9 Å². The van der Waals surface area contributed by atoms with Crippen LogP contribution in [0.15, 0.2) is 36.4 Å². The summed E-state index contributed by atoms with van der Waals surface area (Å²) in [4.78, 5) is 0. The molecule has 0 heterocycles. The zero-order valence-corrected chi connectivity index (χ0v) is 10.7. The van der Waals surface area contributed by atoms with Gasteiger partial charge in [0.2, 0.25) is 0 Å². The van der Waals surface area contributed by atoms with Crippen molar-refractivity contribution >= 4 is 10.8 Å². The smallest absolute Gasteiger partial charge is 0.389 e. The van der Waals surface area contributed by atoms with Crippen LogP contribution < -0.4 is 0 Å². The number of phenolic OH excluding ortho intramolecular Hbond substituents is 1. The van der Waals surface area contributed by atoms with Gasteiger partial charge in [0.05, 0.1) is 0 Å². The van der Waals surface area contributed by atoms with Crippen molar-refractivity contribution in [2.24, 2.45) is 5.92 Å². The Kier molecular flexibility index (Phi) is 4.18. The zero-order chi connectivity index (χ0) is 14.8. The van der Waals surface area contributed by atoms with Crippen molar-refractivity contribution in [3.8, 4) is 5.75 Å². The first-order valence-electron chi connectivity index (χ1n) is 6.28. The normalized spacial score (nSPS) is 13.6. The lowest BCUT2D eigenvalue weighted by Crippen LogP contribution is -2.20. The molecule has 2 N–H and O–H groups in total. The van der Waals surface area contributed by atoms with Crippen LogP contribution in [-0.4, -0.2) is 23.0 Å². The molecule has 1 atom stereocenters. The standard InChI is InChI=1S/C15H15F3O2/c16-15(17,18)8-10(9-19)7-12-6-5-11-3-1-2-4-13(11)14(12)20/h1-6,10,19-20H,7-9H2. The Labute approximate surface area is 114 Å². The molecule has 0 aromatic heterocycles. The molecule has 0 saturated heterocycles. The van der Waals surface area contributed by atoms with Crippen molar-refractivity contribution < 1.29 is 23.4 Å². The van der Waals surface area contributed by atoms with E-state index in [2.05, 4.69) is 0 Å². The summed E-state index contributed by atoms with van der Waals surface area (Å²) in [6, 6.07) is 10.5. The van der Waals surface area contributed by atoms with Crippen LogP contribution in [0.2, 0.25) is 0 Å². The minimum Gasteiger partial charge on any atom is -0.507 e. The molecule has 0 spiro atoms. The van der Waals surface area contributed by atoms with Crippen LogP contribution >= 0.6 is 0 Å². The summed E-state index contributed by atoms with van der Waals surface area (Å²) in [5.41, 5.74) is 0.423. The average molecular weight is 284 g/mol. The molecule has 0 amide bonds. The van der Waals surface area contributed by atoms with Gasteiger partial charge in [0.1, 0.15) is 5.75 Å². The van der Waals surface area contributed by atoms with Crippen LogP contribution in [0.1, 0.15) is 12.0 Å². The van der Waals surface area contributed by atoms with Crippen molar-refractivity contribution in [1.82, 2.24) is 0 Å². The van der Waals surface area contributed by atoms with Gasteiger partial charge in [-0.15, -0.1) is 0 Å². The average Bonchev–Trinajstić information content (AvgIpc) is 2.40. The minimum absolute atomic E-state index is 0.00726. The van der Waals surface area contributed by atoms with Crippen molar-refractivity contribution in [3.63, 3.8) is 0 Å². The van der Waals surface area contributed by atoms with Crippen LogP contribution in [0.4, 0.5) is 13.2 Å². The lowest BCUT2D eigenvalue weighted by Gasteiger charge is -2.17. The second kappa shape index (κ2) is 5.71. The van der Waals surface area contributed by atoms with E-state index in [0.717, 1.165) is 5.39 Å². The Bertz CT molecular complexity index is 593. The third-order valence-corrected chi connectivity index (χ3v) is 3.27. The number of aliphatic hydroxyl groups is 1. The number of alkyl halides is 3. The Balaban J connectivity index is 2.26. The quantitative estimate of drug-likeness (QED) is 0.899. The summed E-state index contributed by atoms with van der Waals surface area (Å²) >= 11 is 0.